The topological polar surface area (TPSA) is 63.9 Å². The van der Waals surface area contributed by atoms with Crippen LogP contribution in [0.15, 0.2) is 66.1 Å². The molecule has 0 saturated carbocycles. The van der Waals surface area contributed by atoms with Crippen molar-refractivity contribution in [2.24, 2.45) is 0 Å². The number of thioether (sulfide) groups is 1. The van der Waals surface area contributed by atoms with Gasteiger partial charge in [0.05, 0.1) is 22.5 Å². The molecule has 5 rings (SSSR count). The number of fused-ring (bicyclic) bond motifs is 2. The third-order valence-corrected chi connectivity index (χ3v) is 6.29. The molecule has 0 spiro atoms. The lowest BCUT2D eigenvalue weighted by molar-refractivity contribution is -0.117. The standard InChI is InChI=1S/C22H18FN5OS/c1-14(22(29)27-11-10-15-4-2-3-5-19(15)27)30-21-18-12-26-28(20(18)24-13-25-21)17-8-6-16(23)7-9-17/h2-9,12-14H,10-11H2,1H3/t14-/m0/s1. The van der Waals surface area contributed by atoms with Crippen molar-refractivity contribution in [2.75, 3.05) is 11.4 Å². The molecule has 3 heterocycles. The minimum absolute atomic E-state index is 0.0580. The Hall–Kier alpha value is -3.26. The third kappa shape index (κ3) is 3.23. The first-order valence-electron chi connectivity index (χ1n) is 9.62. The Labute approximate surface area is 176 Å². The quantitative estimate of drug-likeness (QED) is 0.369. The van der Waals surface area contributed by atoms with Crippen molar-refractivity contribution < 1.29 is 9.18 Å². The largest absolute Gasteiger partial charge is 0.311 e. The first kappa shape index (κ1) is 18.7. The maximum atomic E-state index is 13.3. The van der Waals surface area contributed by atoms with Crippen LogP contribution in [0.25, 0.3) is 16.7 Å². The van der Waals surface area contributed by atoms with Gasteiger partial charge < -0.3 is 4.90 Å². The van der Waals surface area contributed by atoms with Gasteiger partial charge in [-0.25, -0.2) is 19.0 Å². The minimum atomic E-state index is -0.316. The lowest BCUT2D eigenvalue weighted by atomic mass is 10.2. The van der Waals surface area contributed by atoms with Crippen LogP contribution in [-0.2, 0) is 11.2 Å². The van der Waals surface area contributed by atoms with Crippen LogP contribution in [0.4, 0.5) is 10.1 Å². The van der Waals surface area contributed by atoms with E-state index >= 15 is 0 Å². The van der Waals surface area contributed by atoms with E-state index in [4.69, 9.17) is 0 Å². The summed E-state index contributed by atoms with van der Waals surface area (Å²) in [6.07, 6.45) is 4.03. The fourth-order valence-corrected chi connectivity index (χ4v) is 4.63. The van der Waals surface area contributed by atoms with E-state index in [1.165, 1.54) is 35.8 Å². The highest BCUT2D eigenvalue weighted by Gasteiger charge is 2.29. The fraction of sp³-hybridized carbons (Fsp3) is 0.182. The van der Waals surface area contributed by atoms with Crippen LogP contribution in [0.2, 0.25) is 0 Å². The number of halogens is 1. The van der Waals surface area contributed by atoms with Crippen molar-refractivity contribution in [3.05, 3.63) is 72.4 Å². The number of para-hydroxylation sites is 1. The van der Waals surface area contributed by atoms with E-state index in [9.17, 15) is 9.18 Å². The van der Waals surface area contributed by atoms with Crippen molar-refractivity contribution in [3.63, 3.8) is 0 Å². The molecule has 0 unspecified atom stereocenters. The second-order valence-electron chi connectivity index (χ2n) is 7.08. The van der Waals surface area contributed by atoms with Crippen LogP contribution in [-0.4, -0.2) is 37.5 Å². The number of nitrogens with zero attached hydrogens (tertiary/aromatic N) is 5. The van der Waals surface area contributed by atoms with Crippen molar-refractivity contribution in [3.8, 4) is 5.69 Å². The molecule has 0 fully saturated rings. The minimum Gasteiger partial charge on any atom is -0.311 e. The number of rotatable bonds is 4. The van der Waals surface area contributed by atoms with Gasteiger partial charge in [-0.15, -0.1) is 0 Å². The van der Waals surface area contributed by atoms with Crippen molar-refractivity contribution in [1.29, 1.82) is 0 Å². The van der Waals surface area contributed by atoms with E-state index in [1.54, 1.807) is 23.0 Å². The summed E-state index contributed by atoms with van der Waals surface area (Å²) < 4.78 is 14.9. The number of benzene rings is 2. The average Bonchev–Trinajstić information content (AvgIpc) is 3.39. The first-order chi connectivity index (χ1) is 14.6. The average molecular weight is 419 g/mol. The molecule has 30 heavy (non-hydrogen) atoms. The lowest BCUT2D eigenvalue weighted by Gasteiger charge is -2.21. The Balaban J connectivity index is 1.42. The van der Waals surface area contributed by atoms with E-state index in [1.807, 2.05) is 30.0 Å². The molecule has 0 radical (unpaired) electrons. The normalized spacial score (nSPS) is 14.1. The number of hydrogen-bond donors (Lipinski definition) is 0. The molecule has 8 heteroatoms. The number of aromatic nitrogens is 4. The smallest absolute Gasteiger partial charge is 0.240 e. The van der Waals surface area contributed by atoms with E-state index < -0.39 is 0 Å². The van der Waals surface area contributed by atoms with Crippen LogP contribution in [0, 0.1) is 5.82 Å². The number of carbonyl (C=O) groups excluding carboxylic acids is 1. The van der Waals surface area contributed by atoms with Crippen molar-refractivity contribution in [1.82, 2.24) is 19.7 Å². The molecule has 0 aliphatic carbocycles. The Morgan fingerprint density at radius 1 is 1.13 bits per heavy atom. The molecule has 6 nitrogen and oxygen atoms in total. The molecule has 1 amide bonds. The monoisotopic (exact) mass is 419 g/mol. The zero-order valence-electron chi connectivity index (χ0n) is 16.2. The van der Waals surface area contributed by atoms with Gasteiger partial charge in [0, 0.05) is 12.2 Å². The van der Waals surface area contributed by atoms with Crippen LogP contribution in [0.3, 0.4) is 0 Å². The van der Waals surface area contributed by atoms with Gasteiger partial charge in [0.25, 0.3) is 0 Å². The Bertz CT molecular complexity index is 1240. The second-order valence-corrected chi connectivity index (χ2v) is 8.41. The predicted molar refractivity (Wildman–Crippen MR) is 114 cm³/mol. The molecule has 150 valence electrons. The van der Waals surface area contributed by atoms with Crippen molar-refractivity contribution in [2.45, 2.75) is 23.6 Å². The van der Waals surface area contributed by atoms with Gasteiger partial charge in [-0.1, -0.05) is 30.0 Å². The number of amides is 1. The molecule has 2 aromatic carbocycles. The van der Waals surface area contributed by atoms with Crippen molar-refractivity contribution >= 4 is 34.4 Å². The molecule has 1 aliphatic heterocycles. The van der Waals surface area contributed by atoms with Gasteiger partial charge in [0.15, 0.2) is 5.65 Å². The van der Waals surface area contributed by atoms with E-state index in [2.05, 4.69) is 21.1 Å². The van der Waals surface area contributed by atoms with Gasteiger partial charge in [-0.05, 0) is 49.2 Å². The predicted octanol–water partition coefficient (Wildman–Crippen LogP) is 4.02. The molecular formula is C22H18FN5OS. The summed E-state index contributed by atoms with van der Waals surface area (Å²) in [6, 6.07) is 14.1. The molecule has 1 atom stereocenters. The van der Waals surface area contributed by atoms with Gasteiger partial charge in [0.1, 0.15) is 17.2 Å². The number of hydrogen-bond acceptors (Lipinski definition) is 5. The SMILES string of the molecule is C[C@H](Sc1ncnc2c1cnn2-c1ccc(F)cc1)C(=O)N1CCc2ccccc21. The van der Waals surface area contributed by atoms with Gasteiger partial charge in [-0.3, -0.25) is 4.79 Å². The first-order valence-corrected chi connectivity index (χ1v) is 10.5. The van der Waals surface area contributed by atoms with E-state index in [0.717, 1.165) is 17.5 Å². The zero-order valence-corrected chi connectivity index (χ0v) is 17.0. The molecule has 2 aromatic heterocycles. The number of carbonyl (C=O) groups is 1. The Morgan fingerprint density at radius 2 is 1.93 bits per heavy atom. The van der Waals surface area contributed by atoms with Crippen LogP contribution in [0.5, 0.6) is 0 Å². The molecule has 0 bridgehead atoms. The summed E-state index contributed by atoms with van der Waals surface area (Å²) >= 11 is 1.40. The van der Waals surface area contributed by atoms with Gasteiger partial charge >= 0.3 is 0 Å². The van der Waals surface area contributed by atoms with Crippen LogP contribution in [0.1, 0.15) is 12.5 Å². The molecule has 1 aliphatic rings. The van der Waals surface area contributed by atoms with E-state index in [-0.39, 0.29) is 17.0 Å². The summed E-state index contributed by atoms with van der Waals surface area (Å²) in [5, 5.41) is 5.54. The Morgan fingerprint density at radius 3 is 2.77 bits per heavy atom. The second kappa shape index (κ2) is 7.53. The summed E-state index contributed by atoms with van der Waals surface area (Å²) in [7, 11) is 0. The summed E-state index contributed by atoms with van der Waals surface area (Å²) in [6.45, 7) is 2.59. The summed E-state index contributed by atoms with van der Waals surface area (Å²) in [5.41, 5.74) is 3.52. The third-order valence-electron chi connectivity index (χ3n) is 5.19. The maximum absolute atomic E-state index is 13.3. The maximum Gasteiger partial charge on any atom is 0.240 e. The summed E-state index contributed by atoms with van der Waals surface area (Å²) in [5.74, 6) is -0.250. The zero-order chi connectivity index (χ0) is 20.7. The van der Waals surface area contributed by atoms with Crippen LogP contribution < -0.4 is 4.90 Å². The van der Waals surface area contributed by atoms with E-state index in [0.29, 0.717) is 22.9 Å². The molecule has 0 N–H and O–H groups in total. The van der Waals surface area contributed by atoms with Crippen LogP contribution >= 0.6 is 11.8 Å². The highest BCUT2D eigenvalue weighted by Crippen LogP contribution is 2.33. The highest BCUT2D eigenvalue weighted by atomic mass is 32.2. The highest BCUT2D eigenvalue weighted by molar-refractivity contribution is 8.00. The summed E-state index contributed by atoms with van der Waals surface area (Å²) in [4.78, 5) is 23.7. The lowest BCUT2D eigenvalue weighted by Crippen LogP contribution is -2.35. The van der Waals surface area contributed by atoms with Gasteiger partial charge in [-0.2, -0.15) is 5.10 Å². The molecule has 0 saturated heterocycles. The molecular weight excluding hydrogens is 401 g/mol. The van der Waals surface area contributed by atoms with Gasteiger partial charge in [0.2, 0.25) is 5.91 Å². The fourth-order valence-electron chi connectivity index (χ4n) is 3.69. The molecule has 4 aromatic rings. The number of anilines is 1. The Kier molecular flexibility index (Phi) is 4.71.